The first kappa shape index (κ1) is 18.0. The van der Waals surface area contributed by atoms with Crippen molar-refractivity contribution in [1.29, 1.82) is 0 Å². The number of nitrogens with one attached hydrogen (secondary N) is 1. The minimum Gasteiger partial charge on any atom is -0.296 e. The van der Waals surface area contributed by atoms with Gasteiger partial charge in [-0.2, -0.15) is 0 Å². The van der Waals surface area contributed by atoms with Crippen molar-refractivity contribution in [1.82, 2.24) is 10.2 Å². The summed E-state index contributed by atoms with van der Waals surface area (Å²) in [6.45, 7) is 0. The molecule has 1 aromatic heterocycles. The first-order valence-corrected chi connectivity index (χ1v) is 10.4. The average Bonchev–Trinajstić information content (AvgIpc) is 3.13. The maximum Gasteiger partial charge on any atom is 0.257 e. The highest BCUT2D eigenvalue weighted by molar-refractivity contribution is 8.00. The Morgan fingerprint density at radius 2 is 1.85 bits per heavy atom. The van der Waals surface area contributed by atoms with Crippen molar-refractivity contribution in [3.05, 3.63) is 82.9 Å². The molecule has 0 saturated carbocycles. The molecule has 0 bridgehead atoms. The first-order chi connectivity index (χ1) is 13.2. The fourth-order valence-corrected chi connectivity index (χ4v) is 4.62. The van der Waals surface area contributed by atoms with Crippen LogP contribution in [0.2, 0.25) is 5.02 Å². The lowest BCUT2D eigenvalue weighted by molar-refractivity contribution is 0.102. The monoisotopic (exact) mass is 411 g/mol. The summed E-state index contributed by atoms with van der Waals surface area (Å²) in [6, 6.07) is 21.4. The number of hydrogen-bond acceptors (Lipinski definition) is 5. The molecule has 0 atom stereocenters. The first-order valence-electron chi connectivity index (χ1n) is 8.19. The van der Waals surface area contributed by atoms with Crippen LogP contribution < -0.4 is 5.32 Å². The van der Waals surface area contributed by atoms with Gasteiger partial charge in [-0.3, -0.25) is 10.1 Å². The molecule has 1 N–H and O–H groups in total. The van der Waals surface area contributed by atoms with Gasteiger partial charge in [-0.05, 0) is 34.5 Å². The smallest absolute Gasteiger partial charge is 0.257 e. The Balaban J connectivity index is 1.43. The molecule has 1 amide bonds. The van der Waals surface area contributed by atoms with Crippen LogP contribution in [-0.2, 0) is 5.75 Å². The highest BCUT2D eigenvalue weighted by Gasteiger charge is 2.11. The Morgan fingerprint density at radius 3 is 2.74 bits per heavy atom. The number of rotatable bonds is 5. The number of carbonyl (C=O) groups excluding carboxylic acids is 1. The van der Waals surface area contributed by atoms with Gasteiger partial charge in [0.1, 0.15) is 0 Å². The molecule has 1 heterocycles. The van der Waals surface area contributed by atoms with E-state index in [9.17, 15) is 4.79 Å². The highest BCUT2D eigenvalue weighted by Crippen LogP contribution is 2.31. The Morgan fingerprint density at radius 1 is 1.04 bits per heavy atom. The standard InChI is InChI=1S/C20H14ClN3OS2/c21-16-9-4-7-14(11-16)18(25)22-19-23-24-20(27-19)26-12-15-8-3-6-13-5-1-2-10-17(13)15/h1-11H,12H2,(H,22,23,25). The molecule has 0 aliphatic heterocycles. The van der Waals surface area contributed by atoms with Crippen molar-refractivity contribution in [3.63, 3.8) is 0 Å². The van der Waals surface area contributed by atoms with Crippen LogP contribution in [0.25, 0.3) is 10.8 Å². The van der Waals surface area contributed by atoms with Gasteiger partial charge in [-0.1, -0.05) is 83.2 Å². The van der Waals surface area contributed by atoms with Gasteiger partial charge >= 0.3 is 0 Å². The van der Waals surface area contributed by atoms with Gasteiger partial charge in [0.25, 0.3) is 5.91 Å². The summed E-state index contributed by atoms with van der Waals surface area (Å²) in [5.74, 6) is 0.539. The molecule has 4 aromatic rings. The largest absolute Gasteiger partial charge is 0.296 e. The molecule has 0 fully saturated rings. The van der Waals surface area contributed by atoms with Crippen LogP contribution in [0, 0.1) is 0 Å². The summed E-state index contributed by atoms with van der Waals surface area (Å²) < 4.78 is 0.810. The fourth-order valence-electron chi connectivity index (χ4n) is 2.68. The zero-order valence-electron chi connectivity index (χ0n) is 14.1. The van der Waals surface area contributed by atoms with Crippen molar-refractivity contribution in [3.8, 4) is 0 Å². The molecule has 134 valence electrons. The second-order valence-corrected chi connectivity index (χ2v) is 8.40. The van der Waals surface area contributed by atoms with E-state index in [1.54, 1.807) is 36.0 Å². The molecule has 4 nitrogen and oxygen atoms in total. The third kappa shape index (κ3) is 4.30. The van der Waals surface area contributed by atoms with Gasteiger partial charge in [0, 0.05) is 16.3 Å². The van der Waals surface area contributed by atoms with E-state index in [4.69, 9.17) is 11.6 Å². The molecule has 4 rings (SSSR count). The van der Waals surface area contributed by atoms with E-state index >= 15 is 0 Å². The summed E-state index contributed by atoms with van der Waals surface area (Å²) >= 11 is 8.90. The molecule has 27 heavy (non-hydrogen) atoms. The van der Waals surface area contributed by atoms with E-state index in [0.29, 0.717) is 15.7 Å². The summed E-state index contributed by atoms with van der Waals surface area (Å²) in [4.78, 5) is 12.3. The van der Waals surface area contributed by atoms with E-state index in [0.717, 1.165) is 10.1 Å². The van der Waals surface area contributed by atoms with E-state index in [2.05, 4.69) is 45.8 Å². The highest BCUT2D eigenvalue weighted by atomic mass is 35.5. The van der Waals surface area contributed by atoms with E-state index in [1.807, 2.05) is 12.1 Å². The lowest BCUT2D eigenvalue weighted by atomic mass is 10.1. The van der Waals surface area contributed by atoms with Crippen LogP contribution in [0.1, 0.15) is 15.9 Å². The third-order valence-corrected chi connectivity index (χ3v) is 6.20. The van der Waals surface area contributed by atoms with Gasteiger partial charge in [-0.15, -0.1) is 10.2 Å². The zero-order chi connectivity index (χ0) is 18.6. The molecule has 3 aromatic carbocycles. The van der Waals surface area contributed by atoms with Crippen molar-refractivity contribution in [2.24, 2.45) is 0 Å². The molecular formula is C20H14ClN3OS2. The number of benzene rings is 3. The zero-order valence-corrected chi connectivity index (χ0v) is 16.4. The second kappa shape index (κ2) is 8.08. The summed E-state index contributed by atoms with van der Waals surface area (Å²) in [6.07, 6.45) is 0. The van der Waals surface area contributed by atoms with Gasteiger partial charge in [-0.25, -0.2) is 0 Å². The van der Waals surface area contributed by atoms with Gasteiger partial charge < -0.3 is 0 Å². The van der Waals surface area contributed by atoms with Crippen LogP contribution >= 0.6 is 34.7 Å². The normalized spacial score (nSPS) is 10.9. The maximum atomic E-state index is 12.3. The number of hydrogen-bond donors (Lipinski definition) is 1. The van der Waals surface area contributed by atoms with Gasteiger partial charge in [0.15, 0.2) is 4.34 Å². The maximum absolute atomic E-state index is 12.3. The topological polar surface area (TPSA) is 54.9 Å². The predicted octanol–water partition coefficient (Wildman–Crippen LogP) is 5.89. The summed E-state index contributed by atoms with van der Waals surface area (Å²) in [5.41, 5.74) is 1.74. The van der Waals surface area contributed by atoms with Gasteiger partial charge in [0.2, 0.25) is 5.13 Å². The van der Waals surface area contributed by atoms with Crippen LogP contribution in [0.5, 0.6) is 0 Å². The van der Waals surface area contributed by atoms with Crippen LogP contribution in [0.3, 0.4) is 0 Å². The van der Waals surface area contributed by atoms with Crippen molar-refractivity contribution >= 4 is 56.5 Å². The van der Waals surface area contributed by atoms with E-state index in [-0.39, 0.29) is 5.91 Å². The molecule has 0 saturated heterocycles. The Hall–Kier alpha value is -2.41. The minimum atomic E-state index is -0.251. The lowest BCUT2D eigenvalue weighted by Gasteiger charge is -2.04. The van der Waals surface area contributed by atoms with Crippen molar-refractivity contribution in [2.75, 3.05) is 5.32 Å². The van der Waals surface area contributed by atoms with Crippen LogP contribution in [0.15, 0.2) is 71.1 Å². The molecule has 0 aliphatic carbocycles. The van der Waals surface area contributed by atoms with Gasteiger partial charge in [0.05, 0.1) is 0 Å². The van der Waals surface area contributed by atoms with E-state index in [1.165, 1.54) is 27.7 Å². The number of fused-ring (bicyclic) bond motifs is 1. The Kier molecular flexibility index (Phi) is 5.38. The number of aromatic nitrogens is 2. The lowest BCUT2D eigenvalue weighted by Crippen LogP contribution is -2.11. The van der Waals surface area contributed by atoms with Crippen LogP contribution in [0.4, 0.5) is 5.13 Å². The second-order valence-electron chi connectivity index (χ2n) is 5.76. The van der Waals surface area contributed by atoms with Crippen LogP contribution in [-0.4, -0.2) is 16.1 Å². The number of nitrogens with zero attached hydrogens (tertiary/aromatic N) is 2. The number of carbonyl (C=O) groups is 1. The summed E-state index contributed by atoms with van der Waals surface area (Å²) in [5, 5.41) is 14.5. The third-order valence-electron chi connectivity index (χ3n) is 3.94. The number of amides is 1. The number of anilines is 1. The quantitative estimate of drug-likeness (QED) is 0.328. The Labute approximate surface area is 169 Å². The van der Waals surface area contributed by atoms with Crippen molar-refractivity contribution in [2.45, 2.75) is 10.1 Å². The minimum absolute atomic E-state index is 0.251. The SMILES string of the molecule is O=C(Nc1nnc(SCc2cccc3ccccc23)s1)c1cccc(Cl)c1. The molecule has 0 unspecified atom stereocenters. The molecule has 0 radical (unpaired) electrons. The predicted molar refractivity (Wildman–Crippen MR) is 113 cm³/mol. The van der Waals surface area contributed by atoms with E-state index < -0.39 is 0 Å². The number of thioether (sulfide) groups is 1. The Bertz CT molecular complexity index is 1110. The average molecular weight is 412 g/mol. The molecule has 0 aliphatic rings. The molecular weight excluding hydrogens is 398 g/mol. The van der Waals surface area contributed by atoms with Crippen molar-refractivity contribution < 1.29 is 4.79 Å². The molecule has 7 heteroatoms. The molecule has 0 spiro atoms. The number of halogens is 1. The summed E-state index contributed by atoms with van der Waals surface area (Å²) in [7, 11) is 0. The fraction of sp³-hybridized carbons (Fsp3) is 0.0500.